The van der Waals surface area contributed by atoms with Crippen LogP contribution in [0.3, 0.4) is 0 Å². The topological polar surface area (TPSA) is 62.6 Å². The Morgan fingerprint density at radius 2 is 1.83 bits per heavy atom. The molecule has 7 heteroatoms. The molecule has 0 fully saturated rings. The molecular formula is C34H35FN2O4. The number of hydrogen-bond donors (Lipinski definition) is 0. The van der Waals surface area contributed by atoms with E-state index in [2.05, 4.69) is 38.0 Å². The first-order valence-corrected chi connectivity index (χ1v) is 14.1. The van der Waals surface area contributed by atoms with E-state index in [9.17, 15) is 4.79 Å². The van der Waals surface area contributed by atoms with Crippen molar-refractivity contribution in [3.05, 3.63) is 87.5 Å². The number of rotatable bonds is 6. The van der Waals surface area contributed by atoms with Crippen LogP contribution in [0, 0.1) is 33.5 Å². The van der Waals surface area contributed by atoms with Crippen molar-refractivity contribution in [2.45, 2.75) is 59.0 Å². The molecule has 2 atom stereocenters. The molecule has 0 spiro atoms. The van der Waals surface area contributed by atoms with Crippen LogP contribution in [0.2, 0.25) is 0 Å². The smallest absolute Gasteiger partial charge is 0.306 e. The van der Waals surface area contributed by atoms with Crippen molar-refractivity contribution in [3.8, 4) is 33.8 Å². The van der Waals surface area contributed by atoms with E-state index in [1.54, 1.807) is 6.07 Å². The van der Waals surface area contributed by atoms with Gasteiger partial charge < -0.3 is 14.2 Å². The number of methoxy groups -OCH3 is 1. The van der Waals surface area contributed by atoms with Crippen molar-refractivity contribution in [1.82, 2.24) is 9.78 Å². The van der Waals surface area contributed by atoms with Crippen molar-refractivity contribution in [3.63, 3.8) is 0 Å². The number of aromatic nitrogens is 2. The summed E-state index contributed by atoms with van der Waals surface area (Å²) in [7, 11) is 3.36. The number of carbonyl (C=O) groups is 1. The van der Waals surface area contributed by atoms with E-state index < -0.39 is 6.10 Å². The van der Waals surface area contributed by atoms with E-state index in [0.29, 0.717) is 30.1 Å². The van der Waals surface area contributed by atoms with E-state index in [-0.39, 0.29) is 24.1 Å². The summed E-state index contributed by atoms with van der Waals surface area (Å²) < 4.78 is 34.4. The number of carbonyl (C=O) groups excluding carboxylic acids is 1. The van der Waals surface area contributed by atoms with Gasteiger partial charge in [0.25, 0.3) is 0 Å². The van der Waals surface area contributed by atoms with Crippen LogP contribution in [-0.2, 0) is 23.0 Å². The Bertz CT molecular complexity index is 1670. The highest BCUT2D eigenvalue weighted by Gasteiger charge is 2.32. The Morgan fingerprint density at radius 1 is 1.07 bits per heavy atom. The molecular weight excluding hydrogens is 519 g/mol. The minimum Gasteiger partial charge on any atom is -0.492 e. The fourth-order valence-corrected chi connectivity index (χ4v) is 6.70. The molecule has 3 aromatic carbocycles. The number of nitrogens with zero attached hydrogens (tertiary/aromatic N) is 2. The third kappa shape index (κ3) is 4.67. The summed E-state index contributed by atoms with van der Waals surface area (Å²) >= 11 is 0. The molecule has 1 aliphatic carbocycles. The molecule has 2 aliphatic rings. The lowest BCUT2D eigenvalue weighted by Gasteiger charge is -2.19. The summed E-state index contributed by atoms with van der Waals surface area (Å²) in [5.74, 6) is 0.791. The maximum absolute atomic E-state index is 15.4. The van der Waals surface area contributed by atoms with Crippen molar-refractivity contribution < 1.29 is 23.4 Å². The van der Waals surface area contributed by atoms with Crippen LogP contribution in [0.4, 0.5) is 4.39 Å². The molecule has 1 aromatic heterocycles. The Balaban J connectivity index is 1.31. The summed E-state index contributed by atoms with van der Waals surface area (Å²) in [6, 6.07) is 13.6. The molecule has 0 saturated heterocycles. The van der Waals surface area contributed by atoms with E-state index in [1.165, 1.54) is 7.11 Å². The normalized spacial score (nSPS) is 17.2. The molecule has 4 aromatic rings. The highest BCUT2D eigenvalue weighted by molar-refractivity contribution is 5.80. The van der Waals surface area contributed by atoms with E-state index in [1.807, 2.05) is 42.9 Å². The zero-order valence-corrected chi connectivity index (χ0v) is 24.4. The van der Waals surface area contributed by atoms with Gasteiger partial charge in [-0.3, -0.25) is 9.48 Å². The third-order valence-corrected chi connectivity index (χ3v) is 8.67. The van der Waals surface area contributed by atoms with Gasteiger partial charge in [0.1, 0.15) is 23.4 Å². The minimum absolute atomic E-state index is 0.0393. The van der Waals surface area contributed by atoms with E-state index in [0.717, 1.165) is 62.3 Å². The van der Waals surface area contributed by atoms with E-state index >= 15 is 4.39 Å². The van der Waals surface area contributed by atoms with Crippen LogP contribution >= 0.6 is 0 Å². The first-order chi connectivity index (χ1) is 19.7. The van der Waals surface area contributed by atoms with Gasteiger partial charge in [0.15, 0.2) is 0 Å². The molecule has 2 heterocycles. The monoisotopic (exact) mass is 554 g/mol. The van der Waals surface area contributed by atoms with Crippen LogP contribution in [0.1, 0.15) is 64.1 Å². The quantitative estimate of drug-likeness (QED) is 0.235. The molecule has 0 bridgehead atoms. The van der Waals surface area contributed by atoms with Gasteiger partial charge in [-0.05, 0) is 86.1 Å². The van der Waals surface area contributed by atoms with Gasteiger partial charge in [0.2, 0.25) is 0 Å². The minimum atomic E-state index is -0.393. The second-order valence-electron chi connectivity index (χ2n) is 11.3. The zero-order valence-electron chi connectivity index (χ0n) is 24.4. The largest absolute Gasteiger partial charge is 0.492 e. The molecule has 41 heavy (non-hydrogen) atoms. The highest BCUT2D eigenvalue weighted by Crippen LogP contribution is 2.45. The lowest BCUT2D eigenvalue weighted by atomic mass is 9.87. The molecule has 0 amide bonds. The number of fused-ring (bicyclic) bond motifs is 2. The van der Waals surface area contributed by atoms with Crippen molar-refractivity contribution in [2.75, 3.05) is 13.7 Å². The number of aryl methyl sites for hydroxylation is 4. The zero-order chi connectivity index (χ0) is 29.0. The fraction of sp³-hybridized carbons (Fsp3) is 0.353. The number of esters is 1. The molecule has 212 valence electrons. The second kappa shape index (κ2) is 10.4. The predicted molar refractivity (Wildman–Crippen MR) is 156 cm³/mol. The fourth-order valence-electron chi connectivity index (χ4n) is 6.70. The Kier molecular flexibility index (Phi) is 6.84. The van der Waals surface area contributed by atoms with Gasteiger partial charge >= 0.3 is 5.97 Å². The third-order valence-electron chi connectivity index (χ3n) is 8.67. The van der Waals surface area contributed by atoms with Gasteiger partial charge in [-0.1, -0.05) is 24.3 Å². The Labute approximate surface area is 240 Å². The molecule has 0 unspecified atom stereocenters. The lowest BCUT2D eigenvalue weighted by Crippen LogP contribution is -2.09. The van der Waals surface area contributed by atoms with Gasteiger partial charge in [-0.25, -0.2) is 4.39 Å². The standard InChI is InChI=1S/C34H35FN2O4/c1-18-13-22(33-20(3)36-37(5)21(33)4)14-19(2)32(18)26-9-11-28(35)34-27(26)10-12-29(34)41-24-7-8-25-23(15-31(38)39-6)17-40-30(25)16-24/h7-9,11,13-14,16,23,29H,10,12,15,17H2,1-6H3/t23-,29-/m1/s1. The highest BCUT2D eigenvalue weighted by atomic mass is 19.1. The summed E-state index contributed by atoms with van der Waals surface area (Å²) in [5.41, 5.74) is 11.6. The summed E-state index contributed by atoms with van der Waals surface area (Å²) in [6.07, 6.45) is 1.30. The van der Waals surface area contributed by atoms with Crippen LogP contribution in [-0.4, -0.2) is 29.5 Å². The van der Waals surface area contributed by atoms with Gasteiger partial charge in [0.05, 0.1) is 25.8 Å². The van der Waals surface area contributed by atoms with Crippen molar-refractivity contribution in [1.29, 1.82) is 0 Å². The number of ether oxygens (including phenoxy) is 3. The first-order valence-electron chi connectivity index (χ1n) is 14.1. The summed E-state index contributed by atoms with van der Waals surface area (Å²) in [5, 5.41) is 4.60. The summed E-state index contributed by atoms with van der Waals surface area (Å²) in [6.45, 7) is 8.82. The van der Waals surface area contributed by atoms with Crippen LogP contribution in [0.5, 0.6) is 11.5 Å². The SMILES string of the molecule is COC(=O)C[C@@H]1COc2cc(O[C@@H]3CCc4c(-c5c(C)cc(-c6c(C)nn(C)c6C)cc5C)ccc(F)c43)ccc21. The van der Waals surface area contributed by atoms with Gasteiger partial charge in [-0.15, -0.1) is 0 Å². The van der Waals surface area contributed by atoms with Crippen molar-refractivity contribution >= 4 is 5.97 Å². The lowest BCUT2D eigenvalue weighted by molar-refractivity contribution is -0.141. The van der Waals surface area contributed by atoms with Gasteiger partial charge in [-0.2, -0.15) is 5.10 Å². The molecule has 0 N–H and O–H groups in total. The van der Waals surface area contributed by atoms with Crippen LogP contribution in [0.15, 0.2) is 42.5 Å². The predicted octanol–water partition coefficient (Wildman–Crippen LogP) is 7.23. The van der Waals surface area contributed by atoms with Crippen molar-refractivity contribution in [2.24, 2.45) is 7.05 Å². The van der Waals surface area contributed by atoms with Crippen LogP contribution < -0.4 is 9.47 Å². The molecule has 0 saturated carbocycles. The maximum Gasteiger partial charge on any atom is 0.306 e. The second-order valence-corrected chi connectivity index (χ2v) is 11.3. The number of benzene rings is 3. The van der Waals surface area contributed by atoms with Gasteiger partial charge in [0, 0.05) is 41.4 Å². The average Bonchev–Trinajstić information content (AvgIpc) is 3.60. The first kappa shape index (κ1) is 27.1. The average molecular weight is 555 g/mol. The Morgan fingerprint density at radius 3 is 2.51 bits per heavy atom. The molecule has 0 radical (unpaired) electrons. The number of halogens is 1. The molecule has 1 aliphatic heterocycles. The molecule has 6 nitrogen and oxygen atoms in total. The van der Waals surface area contributed by atoms with E-state index in [4.69, 9.17) is 14.2 Å². The number of hydrogen-bond acceptors (Lipinski definition) is 5. The molecule has 6 rings (SSSR count). The Hall–Kier alpha value is -4.13. The van der Waals surface area contributed by atoms with Crippen LogP contribution in [0.25, 0.3) is 22.3 Å². The maximum atomic E-state index is 15.4. The summed E-state index contributed by atoms with van der Waals surface area (Å²) in [4.78, 5) is 11.8.